The second-order valence-electron chi connectivity index (χ2n) is 2.84. The zero-order valence-corrected chi connectivity index (χ0v) is 9.07. The Morgan fingerprint density at radius 1 is 1.43 bits per heavy atom. The SMILES string of the molecule is OPC(O)(Cn1ccnc1)[PH](O)(O)O. The van der Waals surface area contributed by atoms with Gasteiger partial charge in [-0.1, -0.05) is 0 Å². The molecule has 82 valence electrons. The number of hydrogen-bond donors (Lipinski definition) is 5. The predicted molar refractivity (Wildman–Crippen MR) is 52.7 cm³/mol. The van der Waals surface area contributed by atoms with Gasteiger partial charge in [0, 0.05) is 0 Å². The third kappa shape index (κ3) is 2.46. The number of imidazole rings is 1. The van der Waals surface area contributed by atoms with Crippen molar-refractivity contribution >= 4 is 16.8 Å². The molecule has 1 aromatic rings. The molecule has 0 saturated heterocycles. The van der Waals surface area contributed by atoms with Crippen molar-refractivity contribution in [2.24, 2.45) is 0 Å². The fourth-order valence-corrected chi connectivity index (χ4v) is 2.11. The van der Waals surface area contributed by atoms with E-state index < -0.39 is 21.8 Å². The molecule has 2 unspecified atom stereocenters. The quantitative estimate of drug-likeness (QED) is 0.414. The van der Waals surface area contributed by atoms with Crippen molar-refractivity contribution in [2.75, 3.05) is 0 Å². The molecule has 0 aromatic carbocycles. The van der Waals surface area contributed by atoms with Gasteiger partial charge in [0.2, 0.25) is 0 Å². The van der Waals surface area contributed by atoms with E-state index in [4.69, 9.17) is 19.6 Å². The fraction of sp³-hybridized carbons (Fsp3) is 0.400. The summed E-state index contributed by atoms with van der Waals surface area (Å²) in [5.74, 6) is 0. The third-order valence-corrected chi connectivity index (χ3v) is 4.85. The molecule has 9 heteroatoms. The van der Waals surface area contributed by atoms with Gasteiger partial charge in [-0.3, -0.25) is 0 Å². The fourth-order valence-electron chi connectivity index (χ4n) is 0.861. The Morgan fingerprint density at radius 2 is 2.07 bits per heavy atom. The van der Waals surface area contributed by atoms with Crippen molar-refractivity contribution in [1.29, 1.82) is 0 Å². The Balaban J connectivity index is 2.82. The van der Waals surface area contributed by atoms with Crippen molar-refractivity contribution in [2.45, 2.75) is 11.6 Å². The van der Waals surface area contributed by atoms with E-state index in [1.807, 2.05) is 0 Å². The first-order valence-corrected chi connectivity index (χ1v) is 6.44. The number of rotatable bonds is 4. The van der Waals surface area contributed by atoms with Gasteiger partial charge in [0.15, 0.2) is 0 Å². The van der Waals surface area contributed by atoms with Crippen molar-refractivity contribution in [3.8, 4) is 0 Å². The van der Waals surface area contributed by atoms with Gasteiger partial charge >= 0.3 is 81.3 Å². The van der Waals surface area contributed by atoms with Crippen LogP contribution in [0.25, 0.3) is 0 Å². The van der Waals surface area contributed by atoms with E-state index in [1.165, 1.54) is 23.3 Å². The zero-order valence-electron chi connectivity index (χ0n) is 7.07. The summed E-state index contributed by atoms with van der Waals surface area (Å²) >= 11 is 0. The van der Waals surface area contributed by atoms with E-state index in [9.17, 15) is 5.11 Å². The number of nitrogens with zero attached hydrogens (tertiary/aromatic N) is 2. The van der Waals surface area contributed by atoms with Crippen LogP contribution >= 0.6 is 16.8 Å². The van der Waals surface area contributed by atoms with Crippen LogP contribution in [-0.2, 0) is 6.54 Å². The van der Waals surface area contributed by atoms with Crippen LogP contribution in [0.3, 0.4) is 0 Å². The molecule has 7 nitrogen and oxygen atoms in total. The molecule has 0 bridgehead atoms. The van der Waals surface area contributed by atoms with Gasteiger partial charge in [-0.2, -0.15) is 0 Å². The molecule has 1 aromatic heterocycles. The summed E-state index contributed by atoms with van der Waals surface area (Å²) in [7, 11) is -5.99. The maximum atomic E-state index is 9.55. The van der Waals surface area contributed by atoms with Gasteiger partial charge in [-0.15, -0.1) is 0 Å². The van der Waals surface area contributed by atoms with Crippen LogP contribution in [0.5, 0.6) is 0 Å². The average Bonchev–Trinajstić information content (AvgIpc) is 2.54. The molecule has 0 aliphatic rings. The number of aromatic nitrogens is 2. The maximum absolute atomic E-state index is 9.55. The molecule has 14 heavy (non-hydrogen) atoms. The molecule has 0 saturated carbocycles. The van der Waals surface area contributed by atoms with Crippen molar-refractivity contribution in [1.82, 2.24) is 9.55 Å². The second kappa shape index (κ2) is 4.16. The van der Waals surface area contributed by atoms with Gasteiger partial charge in [0.1, 0.15) is 0 Å². The first-order chi connectivity index (χ1) is 6.39. The Morgan fingerprint density at radius 3 is 2.43 bits per heavy atom. The Hall–Kier alpha value is -0.130. The predicted octanol–water partition coefficient (Wildman–Crippen LogP) is -1.41. The summed E-state index contributed by atoms with van der Waals surface area (Å²) in [5.41, 5.74) is 0. The molecule has 0 spiro atoms. The minimum absolute atomic E-state index is 0.322. The van der Waals surface area contributed by atoms with Crippen LogP contribution < -0.4 is 0 Å². The molecule has 0 fully saturated rings. The standard InChI is InChI=1S/C5H12N2O5P2/c8-5(13-9,14(10,11)12)3-7-2-1-6-4-7/h1-2,4,8-14H,3H2. The van der Waals surface area contributed by atoms with Crippen LogP contribution in [0.15, 0.2) is 18.7 Å². The van der Waals surface area contributed by atoms with Crippen LogP contribution in [-0.4, -0.2) is 39.3 Å². The first-order valence-electron chi connectivity index (χ1n) is 3.65. The van der Waals surface area contributed by atoms with Crippen LogP contribution in [0.1, 0.15) is 0 Å². The molecular weight excluding hydrogens is 230 g/mol. The van der Waals surface area contributed by atoms with E-state index >= 15 is 0 Å². The molecule has 0 radical (unpaired) electrons. The Labute approximate surface area is 82.1 Å². The number of aliphatic hydroxyl groups is 1. The van der Waals surface area contributed by atoms with Gasteiger partial charge in [0.05, 0.1) is 0 Å². The second-order valence-corrected chi connectivity index (χ2v) is 6.49. The molecule has 5 N–H and O–H groups in total. The summed E-state index contributed by atoms with van der Waals surface area (Å²) in [6, 6.07) is 0. The molecular formula is C5H12N2O5P2. The van der Waals surface area contributed by atoms with Crippen molar-refractivity contribution in [3.05, 3.63) is 18.7 Å². The molecule has 1 heterocycles. The third-order valence-electron chi connectivity index (χ3n) is 1.71. The van der Waals surface area contributed by atoms with Crippen LogP contribution in [0, 0.1) is 0 Å². The van der Waals surface area contributed by atoms with Gasteiger partial charge in [-0.05, 0) is 0 Å². The van der Waals surface area contributed by atoms with E-state index in [1.54, 1.807) is 0 Å². The molecule has 0 amide bonds. The average molecular weight is 242 g/mol. The molecule has 0 aliphatic carbocycles. The normalized spacial score (nSPS) is 18.6. The monoisotopic (exact) mass is 242 g/mol. The molecule has 0 aliphatic heterocycles. The summed E-state index contributed by atoms with van der Waals surface area (Å²) in [5, 5.41) is 7.27. The molecule has 1 rings (SSSR count). The Kier molecular flexibility index (Phi) is 3.55. The summed E-state index contributed by atoms with van der Waals surface area (Å²) in [4.78, 5) is 39.3. The van der Waals surface area contributed by atoms with E-state index in [2.05, 4.69) is 4.98 Å². The summed E-state index contributed by atoms with van der Waals surface area (Å²) < 4.78 is 1.33. The van der Waals surface area contributed by atoms with Crippen molar-refractivity contribution < 1.29 is 24.7 Å². The minimum atomic E-state index is -4.80. The topological polar surface area (TPSA) is 119 Å². The van der Waals surface area contributed by atoms with Crippen molar-refractivity contribution in [3.63, 3.8) is 0 Å². The van der Waals surface area contributed by atoms with E-state index in [0.29, 0.717) is 0 Å². The van der Waals surface area contributed by atoms with Crippen LogP contribution in [0.2, 0.25) is 0 Å². The Bertz CT molecular complexity index is 287. The van der Waals surface area contributed by atoms with Gasteiger partial charge < -0.3 is 0 Å². The zero-order chi connectivity index (χ0) is 10.8. The van der Waals surface area contributed by atoms with Gasteiger partial charge in [0.25, 0.3) is 0 Å². The number of hydrogen-bond acceptors (Lipinski definition) is 6. The van der Waals surface area contributed by atoms with E-state index in [0.717, 1.165) is 0 Å². The van der Waals surface area contributed by atoms with Crippen LogP contribution in [0.4, 0.5) is 0 Å². The summed E-state index contributed by atoms with van der Waals surface area (Å²) in [6.45, 7) is -0.322. The van der Waals surface area contributed by atoms with E-state index in [-0.39, 0.29) is 6.54 Å². The first kappa shape index (κ1) is 11.9. The van der Waals surface area contributed by atoms with Gasteiger partial charge in [-0.25, -0.2) is 0 Å². The summed E-state index contributed by atoms with van der Waals surface area (Å²) in [6.07, 6.45) is 4.22. The molecule has 2 atom stereocenters.